The average molecular weight is 357 g/mol. The average Bonchev–Trinajstić information content (AvgIpc) is 3.18. The highest BCUT2D eigenvalue weighted by atomic mass is 16.2. The van der Waals surface area contributed by atoms with Gasteiger partial charge in [-0.25, -0.2) is 0 Å². The summed E-state index contributed by atoms with van der Waals surface area (Å²) in [5.41, 5.74) is 2.56. The predicted octanol–water partition coefficient (Wildman–Crippen LogP) is 1.99. The van der Waals surface area contributed by atoms with Crippen LogP contribution in [0.5, 0.6) is 0 Å². The number of hydrogen-bond acceptors (Lipinski definition) is 3. The number of benzene rings is 1. The molecule has 3 rings (SSSR count). The number of carbonyl (C=O) groups excluding carboxylic acids is 2. The number of hydrogen-bond donors (Lipinski definition) is 1. The minimum absolute atomic E-state index is 0.0860. The number of likely N-dealkylation sites (tertiary alicyclic amines) is 2. The van der Waals surface area contributed by atoms with Gasteiger partial charge < -0.3 is 10.2 Å². The normalized spacial score (nSPS) is 18.9. The molecule has 2 amide bonds. The maximum absolute atomic E-state index is 12.5. The molecule has 1 N–H and O–H groups in total. The van der Waals surface area contributed by atoms with Crippen LogP contribution in [0.3, 0.4) is 0 Å². The molecule has 142 valence electrons. The van der Waals surface area contributed by atoms with Crippen molar-refractivity contribution in [2.24, 2.45) is 5.92 Å². The lowest BCUT2D eigenvalue weighted by atomic mass is 9.95. The first-order valence-corrected chi connectivity index (χ1v) is 9.96. The molecule has 2 aliphatic heterocycles. The Morgan fingerprint density at radius 3 is 2.46 bits per heavy atom. The van der Waals surface area contributed by atoms with E-state index in [1.807, 2.05) is 17.0 Å². The van der Waals surface area contributed by atoms with Gasteiger partial charge in [-0.05, 0) is 63.2 Å². The molecule has 0 bridgehead atoms. The Hall–Kier alpha value is -1.88. The zero-order valence-electron chi connectivity index (χ0n) is 15.9. The molecule has 1 aromatic rings. The number of amides is 2. The first-order chi connectivity index (χ1) is 12.6. The molecule has 2 fully saturated rings. The molecule has 5 heteroatoms. The van der Waals surface area contributed by atoms with Crippen LogP contribution in [0, 0.1) is 12.8 Å². The molecule has 0 aromatic heterocycles. The van der Waals surface area contributed by atoms with Gasteiger partial charge in [0, 0.05) is 25.6 Å². The van der Waals surface area contributed by atoms with Crippen molar-refractivity contribution >= 4 is 11.8 Å². The molecule has 0 unspecified atom stereocenters. The summed E-state index contributed by atoms with van der Waals surface area (Å²) in [6.07, 6.45) is 4.92. The molecule has 0 aliphatic carbocycles. The minimum Gasteiger partial charge on any atom is -0.355 e. The van der Waals surface area contributed by atoms with Gasteiger partial charge in [0.15, 0.2) is 0 Å². The molecule has 0 saturated carbocycles. The van der Waals surface area contributed by atoms with Crippen molar-refractivity contribution in [1.29, 1.82) is 0 Å². The monoisotopic (exact) mass is 357 g/mol. The molecule has 0 spiro atoms. The van der Waals surface area contributed by atoms with Gasteiger partial charge in [0.25, 0.3) is 0 Å². The number of rotatable bonds is 6. The fourth-order valence-corrected chi connectivity index (χ4v) is 4.02. The van der Waals surface area contributed by atoms with E-state index in [0.717, 1.165) is 58.3 Å². The fourth-order valence-electron chi connectivity index (χ4n) is 4.02. The second-order valence-electron chi connectivity index (χ2n) is 7.61. The van der Waals surface area contributed by atoms with E-state index >= 15 is 0 Å². The van der Waals surface area contributed by atoms with Crippen LogP contribution in [0.25, 0.3) is 0 Å². The third kappa shape index (κ3) is 5.07. The number of nitrogens with one attached hydrogen (secondary N) is 1. The lowest BCUT2D eigenvalue weighted by molar-refractivity contribution is -0.136. The molecule has 1 aromatic carbocycles. The Balaban J connectivity index is 1.34. The van der Waals surface area contributed by atoms with Gasteiger partial charge in [-0.15, -0.1) is 0 Å². The molecule has 0 atom stereocenters. The molecule has 26 heavy (non-hydrogen) atoms. The van der Waals surface area contributed by atoms with Crippen LogP contribution in [0.15, 0.2) is 24.3 Å². The Labute approximate surface area is 156 Å². The fraction of sp³-hybridized carbons (Fsp3) is 0.619. The summed E-state index contributed by atoms with van der Waals surface area (Å²) in [7, 11) is 0. The van der Waals surface area contributed by atoms with Gasteiger partial charge in [0.1, 0.15) is 0 Å². The summed E-state index contributed by atoms with van der Waals surface area (Å²) < 4.78 is 0. The third-order valence-electron chi connectivity index (χ3n) is 5.70. The van der Waals surface area contributed by atoms with Crippen molar-refractivity contribution in [3.8, 4) is 0 Å². The van der Waals surface area contributed by atoms with E-state index in [0.29, 0.717) is 19.0 Å². The van der Waals surface area contributed by atoms with Crippen molar-refractivity contribution in [2.75, 3.05) is 39.3 Å². The molecular weight excluding hydrogens is 326 g/mol. The van der Waals surface area contributed by atoms with Gasteiger partial charge in [0.2, 0.25) is 11.8 Å². The maximum atomic E-state index is 12.5. The molecular formula is C21H31N3O2. The van der Waals surface area contributed by atoms with Gasteiger partial charge in [-0.2, -0.15) is 0 Å². The van der Waals surface area contributed by atoms with Crippen LogP contribution >= 0.6 is 0 Å². The van der Waals surface area contributed by atoms with Crippen molar-refractivity contribution < 1.29 is 9.59 Å². The van der Waals surface area contributed by atoms with Crippen molar-refractivity contribution in [1.82, 2.24) is 15.1 Å². The smallest absolute Gasteiger partial charge is 0.234 e. The summed E-state index contributed by atoms with van der Waals surface area (Å²) in [4.78, 5) is 28.8. The van der Waals surface area contributed by atoms with E-state index < -0.39 is 0 Å². The summed E-state index contributed by atoms with van der Waals surface area (Å²) in [6.45, 7) is 6.77. The first-order valence-electron chi connectivity index (χ1n) is 9.96. The number of carbonyl (C=O) groups is 2. The van der Waals surface area contributed by atoms with Crippen LogP contribution < -0.4 is 5.32 Å². The Kier molecular flexibility index (Phi) is 6.67. The second-order valence-corrected chi connectivity index (χ2v) is 7.61. The molecule has 0 radical (unpaired) electrons. The molecule has 5 nitrogen and oxygen atoms in total. The predicted molar refractivity (Wildman–Crippen MR) is 103 cm³/mol. The van der Waals surface area contributed by atoms with Crippen LogP contribution in [0.4, 0.5) is 0 Å². The Morgan fingerprint density at radius 2 is 1.77 bits per heavy atom. The Morgan fingerprint density at radius 1 is 1.08 bits per heavy atom. The Bertz CT molecular complexity index is 617. The van der Waals surface area contributed by atoms with E-state index in [1.54, 1.807) is 0 Å². The van der Waals surface area contributed by atoms with Crippen LogP contribution in [-0.2, 0) is 16.0 Å². The first kappa shape index (κ1) is 18.9. The SMILES string of the molecule is Cc1ccccc1CCNC(=O)CN1CCC(C(=O)N2CCCC2)CC1. The van der Waals surface area contributed by atoms with E-state index in [2.05, 4.69) is 29.3 Å². The highest BCUT2D eigenvalue weighted by molar-refractivity contribution is 5.79. The topological polar surface area (TPSA) is 52.7 Å². The van der Waals surface area contributed by atoms with Gasteiger partial charge in [0.05, 0.1) is 6.54 Å². The maximum Gasteiger partial charge on any atom is 0.234 e. The van der Waals surface area contributed by atoms with Gasteiger partial charge >= 0.3 is 0 Å². The van der Waals surface area contributed by atoms with Crippen LogP contribution in [0.1, 0.15) is 36.8 Å². The molecule has 2 aliphatic rings. The zero-order chi connectivity index (χ0) is 18.4. The number of piperidine rings is 1. The molecule has 2 saturated heterocycles. The summed E-state index contributed by atoms with van der Waals surface area (Å²) in [6, 6.07) is 8.29. The van der Waals surface area contributed by atoms with E-state index in [1.165, 1.54) is 11.1 Å². The second kappa shape index (κ2) is 9.17. The standard InChI is InChI=1S/C21H31N3O2/c1-17-6-2-3-7-18(17)8-11-22-20(25)16-23-14-9-19(10-15-23)21(26)24-12-4-5-13-24/h2-3,6-7,19H,4-5,8-16H2,1H3,(H,22,25). The summed E-state index contributed by atoms with van der Waals surface area (Å²) in [5, 5.41) is 3.03. The van der Waals surface area contributed by atoms with Crippen LogP contribution in [0.2, 0.25) is 0 Å². The highest BCUT2D eigenvalue weighted by Crippen LogP contribution is 2.21. The van der Waals surface area contributed by atoms with Gasteiger partial charge in [-0.3, -0.25) is 14.5 Å². The quantitative estimate of drug-likeness (QED) is 0.847. The number of aryl methyl sites for hydroxylation is 1. The summed E-state index contributed by atoms with van der Waals surface area (Å²) >= 11 is 0. The van der Waals surface area contributed by atoms with Crippen molar-refractivity contribution in [2.45, 2.75) is 39.0 Å². The van der Waals surface area contributed by atoms with Crippen molar-refractivity contribution in [3.05, 3.63) is 35.4 Å². The van der Waals surface area contributed by atoms with Gasteiger partial charge in [-0.1, -0.05) is 24.3 Å². The zero-order valence-corrected chi connectivity index (χ0v) is 15.9. The summed E-state index contributed by atoms with van der Waals surface area (Å²) in [5.74, 6) is 0.584. The third-order valence-corrected chi connectivity index (χ3v) is 5.70. The largest absolute Gasteiger partial charge is 0.355 e. The lowest BCUT2D eigenvalue weighted by Crippen LogP contribution is -2.45. The van der Waals surface area contributed by atoms with Crippen LogP contribution in [-0.4, -0.2) is 60.9 Å². The number of nitrogens with zero attached hydrogens (tertiary/aromatic N) is 2. The highest BCUT2D eigenvalue weighted by Gasteiger charge is 2.30. The lowest BCUT2D eigenvalue weighted by Gasteiger charge is -2.32. The van der Waals surface area contributed by atoms with E-state index in [4.69, 9.17) is 0 Å². The van der Waals surface area contributed by atoms with E-state index in [9.17, 15) is 9.59 Å². The molecule has 2 heterocycles. The van der Waals surface area contributed by atoms with E-state index in [-0.39, 0.29) is 11.8 Å². The minimum atomic E-state index is 0.0860. The van der Waals surface area contributed by atoms with Crippen molar-refractivity contribution in [3.63, 3.8) is 0 Å².